The van der Waals surface area contributed by atoms with Gasteiger partial charge in [0.15, 0.2) is 0 Å². The lowest BCUT2D eigenvalue weighted by molar-refractivity contribution is 0.0694. The Morgan fingerprint density at radius 3 is 1.76 bits per heavy atom. The van der Waals surface area contributed by atoms with Crippen molar-refractivity contribution in [2.45, 2.75) is 102 Å². The summed E-state index contributed by atoms with van der Waals surface area (Å²) in [5.41, 5.74) is -0.163. The Hall–Kier alpha value is -7.02. The van der Waals surface area contributed by atoms with E-state index in [1.165, 1.54) is 24.3 Å². The van der Waals surface area contributed by atoms with Crippen LogP contribution in [0, 0.1) is 24.7 Å². The fraction of sp³-hybridized carbons (Fsp3) is 0.464. The molecule has 3 aromatic carbocycles. The molecule has 1 atom stereocenters. The standard InChI is InChI=1S/C56H71N5O19S4/c1-7-9-11-13-27-79-45-35-39(54(65)66)36-46(80-28-14-12-10-8-2)42(45)37-59-52(63)40-19-15-20-43-49(40)55(3,4)47(60(43)25-17-29-81(67,68)69)21-16-22-48-56(5,6)50-41(53(64)58-24-32-84(76,77)78)33-38(51(62)57-23-31-83(73,74)75)34-44(50)61(48)26-18-30-82(70,71)72/h1-2,15-16,19-22,33-36,48H,9-14,17-18,23-32,37H2,3-6H3,(H,57,62)(H,58,64)(H,59,63)(H,65,66)(H,67,68,69)(H,70,71,72)(H,73,74,75)(H,76,77,78)/p-1/b22-16+,47-21+. The number of nitrogens with zero attached hydrogens (tertiary/aromatic N) is 2. The first-order valence-corrected chi connectivity index (χ1v) is 33.0. The Bertz CT molecular complexity index is 3540. The minimum Gasteiger partial charge on any atom is -0.748 e. The van der Waals surface area contributed by atoms with Crippen LogP contribution >= 0.6 is 0 Å². The van der Waals surface area contributed by atoms with Crippen molar-refractivity contribution in [2.75, 3.05) is 72.2 Å². The van der Waals surface area contributed by atoms with Crippen molar-refractivity contribution in [3.8, 4) is 36.2 Å². The van der Waals surface area contributed by atoms with Crippen LogP contribution in [0.1, 0.15) is 137 Å². The molecule has 3 aromatic rings. The summed E-state index contributed by atoms with van der Waals surface area (Å²) >= 11 is 0. The van der Waals surface area contributed by atoms with E-state index < -0.39 is 117 Å². The van der Waals surface area contributed by atoms with Crippen LogP contribution in [-0.4, -0.2) is 149 Å². The van der Waals surface area contributed by atoms with E-state index >= 15 is 0 Å². The molecule has 24 nitrogen and oxygen atoms in total. The lowest BCUT2D eigenvalue weighted by Gasteiger charge is -2.33. The molecule has 2 heterocycles. The average Bonchev–Trinajstić information content (AvgIpc) is 1.66. The molecule has 0 bridgehead atoms. The van der Waals surface area contributed by atoms with Crippen LogP contribution in [0.15, 0.2) is 66.4 Å². The lowest BCUT2D eigenvalue weighted by Crippen LogP contribution is -2.41. The van der Waals surface area contributed by atoms with E-state index in [2.05, 4.69) is 27.8 Å². The number of carbonyl (C=O) groups excluding carboxylic acids is 3. The maximum absolute atomic E-state index is 14.7. The summed E-state index contributed by atoms with van der Waals surface area (Å²) in [6, 6.07) is 9.37. The highest BCUT2D eigenvalue weighted by Gasteiger charge is 2.47. The number of amides is 3. The highest BCUT2D eigenvalue weighted by atomic mass is 32.2. The van der Waals surface area contributed by atoms with Crippen molar-refractivity contribution in [3.05, 3.63) is 105 Å². The molecule has 0 saturated carbocycles. The van der Waals surface area contributed by atoms with Crippen LogP contribution in [0.2, 0.25) is 0 Å². The van der Waals surface area contributed by atoms with Crippen molar-refractivity contribution in [1.82, 2.24) is 16.0 Å². The summed E-state index contributed by atoms with van der Waals surface area (Å²) in [6.07, 6.45) is 19.0. The van der Waals surface area contributed by atoms with E-state index in [0.717, 1.165) is 0 Å². The number of carbonyl (C=O) groups is 4. The zero-order valence-electron chi connectivity index (χ0n) is 46.9. The number of ether oxygens (including phenoxy) is 2. The number of aromatic carboxylic acids is 1. The first-order valence-electron chi connectivity index (χ1n) is 26.6. The summed E-state index contributed by atoms with van der Waals surface area (Å²) < 4.78 is 147. The number of unbranched alkanes of at least 4 members (excludes halogenated alkanes) is 4. The lowest BCUT2D eigenvalue weighted by atomic mass is 9.77. The molecule has 84 heavy (non-hydrogen) atoms. The Kier molecular flexibility index (Phi) is 23.2. The van der Waals surface area contributed by atoms with E-state index in [1.807, 2.05) is 13.8 Å². The number of hydrogen-bond donors (Lipinski definition) is 7. The summed E-state index contributed by atoms with van der Waals surface area (Å²) in [5, 5.41) is 17.8. The van der Waals surface area contributed by atoms with E-state index in [1.54, 1.807) is 60.1 Å². The van der Waals surface area contributed by atoms with Crippen LogP contribution in [0.25, 0.3) is 0 Å². The molecule has 0 fully saturated rings. The molecule has 7 N–H and O–H groups in total. The Morgan fingerprint density at radius 1 is 0.667 bits per heavy atom. The maximum Gasteiger partial charge on any atom is 0.335 e. The van der Waals surface area contributed by atoms with Gasteiger partial charge in [-0.3, -0.25) is 28.0 Å². The van der Waals surface area contributed by atoms with Crippen LogP contribution in [-0.2, 0) is 57.8 Å². The predicted octanol–water partition coefficient (Wildman–Crippen LogP) is 4.83. The van der Waals surface area contributed by atoms with Gasteiger partial charge in [0.2, 0.25) is 0 Å². The van der Waals surface area contributed by atoms with E-state index in [-0.39, 0.29) is 90.7 Å². The van der Waals surface area contributed by atoms with Crippen LogP contribution in [0.4, 0.5) is 11.4 Å². The molecule has 0 radical (unpaired) electrons. The SMILES string of the molecule is C#CCCCCOc1cc(C(=O)O)cc(OCCCCC#C)c1CNC(=O)c1cccc2c1C(C)(C)/C(=C\C=C\C1N(CCCS(=O)(=O)O)c3cc(C(=O)NCCS(=O)(=O)O)cc(C(=O)NCCS(=O)(=O)[O-])c3C1(C)C)N2CCCS(=O)(=O)O. The molecule has 0 aliphatic carbocycles. The number of terminal acetylenes is 2. The third kappa shape index (κ3) is 18.7. The van der Waals surface area contributed by atoms with Gasteiger partial charge < -0.3 is 44.9 Å². The second kappa shape index (κ2) is 28.7. The molecule has 0 spiro atoms. The molecule has 3 amide bonds. The van der Waals surface area contributed by atoms with Gasteiger partial charge in [-0.25, -0.2) is 13.2 Å². The second-order valence-electron chi connectivity index (χ2n) is 21.0. The monoisotopic (exact) mass is 1240 g/mol. The van der Waals surface area contributed by atoms with Gasteiger partial charge in [-0.15, -0.1) is 24.7 Å². The minimum absolute atomic E-state index is 0.00425. The molecular formula is C56H70N5O19S4-. The number of hydrogen-bond acceptors (Lipinski definition) is 17. The quantitative estimate of drug-likeness (QED) is 0.0250. The van der Waals surface area contributed by atoms with Gasteiger partial charge in [0.1, 0.15) is 11.5 Å². The van der Waals surface area contributed by atoms with Crippen LogP contribution < -0.4 is 35.2 Å². The Labute approximate surface area is 490 Å². The molecular weight excluding hydrogens is 1170 g/mol. The Balaban J connectivity index is 1.61. The molecule has 2 aliphatic heterocycles. The first kappa shape index (κ1) is 67.8. The fourth-order valence-electron chi connectivity index (χ4n) is 10.2. The van der Waals surface area contributed by atoms with E-state index in [4.69, 9.17) is 22.3 Å². The molecule has 458 valence electrons. The van der Waals surface area contributed by atoms with Gasteiger partial charge in [0.05, 0.1) is 70.1 Å². The number of nitrogens with one attached hydrogen (secondary N) is 3. The summed E-state index contributed by atoms with van der Waals surface area (Å²) in [6.45, 7) is 5.96. The zero-order valence-corrected chi connectivity index (χ0v) is 50.1. The smallest absolute Gasteiger partial charge is 0.335 e. The van der Waals surface area contributed by atoms with Gasteiger partial charge in [-0.1, -0.05) is 45.9 Å². The van der Waals surface area contributed by atoms with Gasteiger partial charge >= 0.3 is 5.97 Å². The van der Waals surface area contributed by atoms with Crippen molar-refractivity contribution in [3.63, 3.8) is 0 Å². The van der Waals surface area contributed by atoms with Crippen LogP contribution in [0.5, 0.6) is 11.5 Å². The second-order valence-corrected chi connectivity index (χ2v) is 27.2. The number of benzene rings is 3. The number of allylic oxidation sites excluding steroid dienone is 3. The first-order chi connectivity index (χ1) is 39.2. The zero-order chi connectivity index (χ0) is 62.4. The molecule has 2 aliphatic rings. The fourth-order valence-corrected chi connectivity index (χ4v) is 11.9. The van der Waals surface area contributed by atoms with E-state index in [0.29, 0.717) is 61.0 Å². The van der Waals surface area contributed by atoms with Crippen molar-refractivity contribution >= 4 is 75.5 Å². The average molecular weight is 1250 g/mol. The van der Waals surface area contributed by atoms with Gasteiger partial charge in [-0.2, -0.15) is 25.3 Å². The van der Waals surface area contributed by atoms with Gasteiger partial charge in [-0.05, 0) is 86.6 Å². The molecule has 5 rings (SSSR count). The largest absolute Gasteiger partial charge is 0.748 e. The third-order valence-corrected chi connectivity index (χ3v) is 17.0. The third-order valence-electron chi connectivity index (χ3n) is 14.0. The summed E-state index contributed by atoms with van der Waals surface area (Å²) in [7, 11) is -18.3. The number of carboxylic acids is 1. The normalized spacial score (nSPS) is 15.9. The molecule has 0 aromatic heterocycles. The molecule has 0 saturated heterocycles. The molecule has 1 unspecified atom stereocenters. The number of anilines is 2. The topological polar surface area (TPSA) is 370 Å². The highest BCUT2D eigenvalue weighted by Crippen LogP contribution is 2.51. The maximum atomic E-state index is 14.7. The van der Waals surface area contributed by atoms with Gasteiger partial charge in [0, 0.05) is 89.2 Å². The van der Waals surface area contributed by atoms with E-state index in [9.17, 15) is 76.2 Å². The number of carboxylic acid groups (broad SMARTS) is 1. The van der Waals surface area contributed by atoms with Gasteiger partial charge in [0.25, 0.3) is 48.1 Å². The summed E-state index contributed by atoms with van der Waals surface area (Å²) in [4.78, 5) is 58.2. The van der Waals surface area contributed by atoms with Crippen molar-refractivity contribution < 1.29 is 85.6 Å². The predicted molar refractivity (Wildman–Crippen MR) is 313 cm³/mol. The number of fused-ring (bicyclic) bond motifs is 2. The highest BCUT2D eigenvalue weighted by molar-refractivity contribution is 7.86. The van der Waals surface area contributed by atoms with Crippen molar-refractivity contribution in [2.24, 2.45) is 0 Å². The molecule has 28 heteroatoms. The van der Waals surface area contributed by atoms with Crippen molar-refractivity contribution in [1.29, 1.82) is 0 Å². The minimum atomic E-state index is -4.80. The summed E-state index contributed by atoms with van der Waals surface area (Å²) in [5.74, 6) is -1.35. The Morgan fingerprint density at radius 2 is 1.21 bits per heavy atom. The van der Waals surface area contributed by atoms with Crippen LogP contribution in [0.3, 0.4) is 0 Å². The number of rotatable bonds is 32.